The van der Waals surface area contributed by atoms with Crippen LogP contribution < -0.4 is 10.6 Å². The van der Waals surface area contributed by atoms with Gasteiger partial charge in [0.2, 0.25) is 5.91 Å². The molecule has 1 amide bonds. The van der Waals surface area contributed by atoms with E-state index in [2.05, 4.69) is 25.4 Å². The first-order valence-electron chi connectivity index (χ1n) is 6.76. The minimum Gasteiger partial charge on any atom is -0.353 e. The lowest BCUT2D eigenvalue weighted by Crippen LogP contribution is -2.54. The first kappa shape index (κ1) is 11.6. The van der Waals surface area contributed by atoms with Crippen LogP contribution in [0.2, 0.25) is 0 Å². The Morgan fingerprint density at radius 1 is 1.22 bits per heavy atom. The van der Waals surface area contributed by atoms with E-state index in [1.807, 2.05) is 0 Å². The molecule has 1 saturated heterocycles. The van der Waals surface area contributed by atoms with Crippen molar-refractivity contribution in [3.05, 3.63) is 11.6 Å². The fourth-order valence-corrected chi connectivity index (χ4v) is 2.69. The number of carbonyl (C=O) groups excluding carboxylic acids is 1. The number of nitrogens with zero attached hydrogens (tertiary/aromatic N) is 3. The highest BCUT2D eigenvalue weighted by molar-refractivity contribution is 5.82. The summed E-state index contributed by atoms with van der Waals surface area (Å²) in [5, 5.41) is 14.6. The quantitative estimate of drug-likeness (QED) is 0.750. The van der Waals surface area contributed by atoms with Crippen molar-refractivity contribution in [2.24, 2.45) is 0 Å². The van der Waals surface area contributed by atoms with Gasteiger partial charge >= 0.3 is 0 Å². The van der Waals surface area contributed by atoms with E-state index in [1.54, 1.807) is 0 Å². The van der Waals surface area contributed by atoms with Gasteiger partial charge in [0.25, 0.3) is 0 Å². The predicted octanol–water partition coefficient (Wildman–Crippen LogP) is -0.365. The number of nitrogens with one attached hydrogen (secondary N) is 2. The summed E-state index contributed by atoms with van der Waals surface area (Å²) in [4.78, 5) is 11.7. The Bertz CT molecular complexity index is 442. The van der Waals surface area contributed by atoms with E-state index in [-0.39, 0.29) is 11.9 Å². The first-order chi connectivity index (χ1) is 8.84. The average Bonchev–Trinajstić information content (AvgIpc) is 2.62. The van der Waals surface area contributed by atoms with Crippen LogP contribution in [0.3, 0.4) is 0 Å². The Kier molecular flexibility index (Phi) is 3.27. The van der Waals surface area contributed by atoms with Crippen LogP contribution in [0.1, 0.15) is 30.9 Å². The molecule has 2 aliphatic rings. The summed E-state index contributed by atoms with van der Waals surface area (Å²) in [6.45, 7) is 2.54. The van der Waals surface area contributed by atoms with Crippen LogP contribution in [0.4, 0.5) is 0 Å². The van der Waals surface area contributed by atoms with E-state index in [1.165, 1.54) is 19.3 Å². The Hall–Kier alpha value is -1.43. The minimum absolute atomic E-state index is 0.0761. The maximum absolute atomic E-state index is 11.7. The molecule has 1 fully saturated rings. The number of piperazine rings is 1. The van der Waals surface area contributed by atoms with Gasteiger partial charge in [-0.25, -0.2) is 0 Å². The maximum atomic E-state index is 11.7. The van der Waals surface area contributed by atoms with Gasteiger partial charge in [-0.15, -0.1) is 10.2 Å². The van der Waals surface area contributed by atoms with Gasteiger partial charge < -0.3 is 15.2 Å². The molecule has 3 rings (SSSR count). The normalized spacial score (nSPS) is 24.2. The number of aryl methyl sites for hydroxylation is 1. The Morgan fingerprint density at radius 2 is 2.17 bits per heavy atom. The molecule has 98 valence electrons. The number of hydrogen-bond acceptors (Lipinski definition) is 4. The van der Waals surface area contributed by atoms with Crippen molar-refractivity contribution in [3.8, 4) is 0 Å². The standard InChI is InChI=1S/C12H19N5O/c18-12-9(13-5-6-14-12)8-11-16-15-10-4-2-1-3-7-17(10)11/h9,13H,1-8H2,(H,14,18). The van der Waals surface area contributed by atoms with E-state index in [0.29, 0.717) is 13.0 Å². The smallest absolute Gasteiger partial charge is 0.237 e. The van der Waals surface area contributed by atoms with Crippen LogP contribution in [-0.2, 0) is 24.2 Å². The van der Waals surface area contributed by atoms with Crippen molar-refractivity contribution < 1.29 is 4.79 Å². The Labute approximate surface area is 106 Å². The highest BCUT2D eigenvalue weighted by atomic mass is 16.2. The summed E-state index contributed by atoms with van der Waals surface area (Å²) in [7, 11) is 0. The monoisotopic (exact) mass is 249 g/mol. The summed E-state index contributed by atoms with van der Waals surface area (Å²) >= 11 is 0. The third kappa shape index (κ3) is 2.25. The number of amides is 1. The van der Waals surface area contributed by atoms with E-state index in [4.69, 9.17) is 0 Å². The molecule has 18 heavy (non-hydrogen) atoms. The summed E-state index contributed by atoms with van der Waals surface area (Å²) in [6.07, 6.45) is 5.28. The van der Waals surface area contributed by atoms with Gasteiger partial charge in [-0.05, 0) is 12.8 Å². The summed E-state index contributed by atoms with van der Waals surface area (Å²) in [5.74, 6) is 2.10. The van der Waals surface area contributed by atoms with Gasteiger partial charge in [-0.2, -0.15) is 0 Å². The number of rotatable bonds is 2. The van der Waals surface area contributed by atoms with Crippen molar-refractivity contribution in [2.45, 2.75) is 44.7 Å². The second-order valence-corrected chi connectivity index (χ2v) is 5.00. The van der Waals surface area contributed by atoms with Gasteiger partial charge in [-0.3, -0.25) is 4.79 Å². The zero-order chi connectivity index (χ0) is 12.4. The highest BCUT2D eigenvalue weighted by Crippen LogP contribution is 2.15. The number of fused-ring (bicyclic) bond motifs is 1. The van der Waals surface area contributed by atoms with E-state index >= 15 is 0 Å². The van der Waals surface area contributed by atoms with Crippen LogP contribution in [0.5, 0.6) is 0 Å². The molecule has 0 spiro atoms. The topological polar surface area (TPSA) is 71.8 Å². The molecule has 0 aromatic carbocycles. The molecule has 1 unspecified atom stereocenters. The SMILES string of the molecule is O=C1NCCNC1Cc1nnc2n1CCCCC2. The fraction of sp³-hybridized carbons (Fsp3) is 0.750. The van der Waals surface area contributed by atoms with Crippen LogP contribution >= 0.6 is 0 Å². The molecule has 0 radical (unpaired) electrons. The predicted molar refractivity (Wildman–Crippen MR) is 66.1 cm³/mol. The van der Waals surface area contributed by atoms with Crippen molar-refractivity contribution in [3.63, 3.8) is 0 Å². The second-order valence-electron chi connectivity index (χ2n) is 5.00. The van der Waals surface area contributed by atoms with Crippen LogP contribution in [0.15, 0.2) is 0 Å². The number of carbonyl (C=O) groups is 1. The molecular formula is C12H19N5O. The first-order valence-corrected chi connectivity index (χ1v) is 6.76. The molecule has 2 aliphatic heterocycles. The number of aromatic nitrogens is 3. The molecule has 1 aromatic heterocycles. The summed E-state index contributed by atoms with van der Waals surface area (Å²) in [6, 6.07) is -0.157. The van der Waals surface area contributed by atoms with Gasteiger partial charge in [0, 0.05) is 32.5 Å². The maximum Gasteiger partial charge on any atom is 0.237 e. The molecule has 6 nitrogen and oxygen atoms in total. The van der Waals surface area contributed by atoms with Crippen molar-refractivity contribution >= 4 is 5.91 Å². The molecule has 0 aliphatic carbocycles. The van der Waals surface area contributed by atoms with E-state index < -0.39 is 0 Å². The highest BCUT2D eigenvalue weighted by Gasteiger charge is 2.25. The van der Waals surface area contributed by atoms with Crippen molar-refractivity contribution in [1.29, 1.82) is 0 Å². The molecule has 6 heteroatoms. The van der Waals surface area contributed by atoms with Crippen molar-refractivity contribution in [1.82, 2.24) is 25.4 Å². The zero-order valence-corrected chi connectivity index (χ0v) is 10.5. The molecule has 0 saturated carbocycles. The van der Waals surface area contributed by atoms with E-state index in [9.17, 15) is 4.79 Å². The van der Waals surface area contributed by atoms with Crippen LogP contribution in [0, 0.1) is 0 Å². The lowest BCUT2D eigenvalue weighted by Gasteiger charge is -2.23. The van der Waals surface area contributed by atoms with Gasteiger partial charge in [0.1, 0.15) is 11.6 Å². The van der Waals surface area contributed by atoms with Crippen LogP contribution in [-0.4, -0.2) is 39.8 Å². The average molecular weight is 249 g/mol. The van der Waals surface area contributed by atoms with Crippen LogP contribution in [0.25, 0.3) is 0 Å². The lowest BCUT2D eigenvalue weighted by atomic mass is 10.1. The molecule has 3 heterocycles. The Balaban J connectivity index is 1.76. The summed E-state index contributed by atoms with van der Waals surface area (Å²) < 4.78 is 2.20. The molecule has 1 aromatic rings. The third-order valence-corrected chi connectivity index (χ3v) is 3.70. The molecule has 2 N–H and O–H groups in total. The minimum atomic E-state index is -0.157. The number of hydrogen-bond donors (Lipinski definition) is 2. The largest absolute Gasteiger partial charge is 0.353 e. The summed E-state index contributed by atoms with van der Waals surface area (Å²) in [5.41, 5.74) is 0. The van der Waals surface area contributed by atoms with Crippen molar-refractivity contribution in [2.75, 3.05) is 13.1 Å². The molecule has 0 bridgehead atoms. The Morgan fingerprint density at radius 3 is 3.06 bits per heavy atom. The van der Waals surface area contributed by atoms with Gasteiger partial charge in [0.15, 0.2) is 0 Å². The van der Waals surface area contributed by atoms with Gasteiger partial charge in [-0.1, -0.05) is 6.42 Å². The van der Waals surface area contributed by atoms with E-state index in [0.717, 1.165) is 31.2 Å². The lowest BCUT2D eigenvalue weighted by molar-refractivity contribution is -0.124. The second kappa shape index (κ2) is 5.06. The zero-order valence-electron chi connectivity index (χ0n) is 10.5. The fourth-order valence-electron chi connectivity index (χ4n) is 2.69. The molecule has 1 atom stereocenters. The molecular weight excluding hydrogens is 230 g/mol. The van der Waals surface area contributed by atoms with Gasteiger partial charge in [0.05, 0.1) is 6.04 Å². The third-order valence-electron chi connectivity index (χ3n) is 3.70.